The smallest absolute Gasteiger partial charge is 0.238 e. The molecule has 2 N–H and O–H groups in total. The number of amides is 1. The number of halogens is 2. The van der Waals surface area contributed by atoms with Crippen LogP contribution in [0, 0.1) is 11.6 Å². The molecule has 0 bridgehead atoms. The molecule has 2 aromatic carbocycles. The summed E-state index contributed by atoms with van der Waals surface area (Å²) >= 11 is 0. The molecule has 0 heterocycles. The van der Waals surface area contributed by atoms with Gasteiger partial charge in [-0.15, -0.1) is 0 Å². The normalized spacial score (nSPS) is 11.7. The summed E-state index contributed by atoms with van der Waals surface area (Å²) in [5.74, 6) is -1.04. The highest BCUT2D eigenvalue weighted by Crippen LogP contribution is 2.28. The molecule has 1 amide bonds. The molecular weight excluding hydrogens is 330 g/mol. The fourth-order valence-corrected chi connectivity index (χ4v) is 2.25. The molecule has 1 atom stereocenters. The van der Waals surface area contributed by atoms with Gasteiger partial charge >= 0.3 is 0 Å². The summed E-state index contributed by atoms with van der Waals surface area (Å²) in [6, 6.07) is 8.37. The van der Waals surface area contributed by atoms with Crippen LogP contribution in [0.3, 0.4) is 0 Å². The Kier molecular flexibility index (Phi) is 6.30. The van der Waals surface area contributed by atoms with E-state index in [0.29, 0.717) is 22.7 Å². The van der Waals surface area contributed by atoms with Crippen LogP contribution in [0.25, 0.3) is 0 Å². The Morgan fingerprint density at radius 3 is 2.48 bits per heavy atom. The third kappa shape index (κ3) is 4.90. The molecule has 0 fully saturated rings. The minimum absolute atomic E-state index is 0.0134. The lowest BCUT2D eigenvalue weighted by atomic mass is 10.1. The van der Waals surface area contributed by atoms with Crippen LogP contribution < -0.4 is 20.1 Å². The molecule has 134 valence electrons. The van der Waals surface area contributed by atoms with Crippen LogP contribution in [0.4, 0.5) is 14.5 Å². The zero-order chi connectivity index (χ0) is 18.4. The lowest BCUT2D eigenvalue weighted by Crippen LogP contribution is -2.30. The van der Waals surface area contributed by atoms with Gasteiger partial charge in [-0.2, -0.15) is 0 Å². The highest BCUT2D eigenvalue weighted by Gasteiger charge is 2.12. The van der Waals surface area contributed by atoms with Crippen molar-refractivity contribution in [3.05, 3.63) is 53.6 Å². The molecule has 0 spiro atoms. The molecule has 5 nitrogen and oxygen atoms in total. The van der Waals surface area contributed by atoms with Crippen molar-refractivity contribution in [2.45, 2.75) is 13.0 Å². The monoisotopic (exact) mass is 350 g/mol. The van der Waals surface area contributed by atoms with Crippen LogP contribution in [-0.2, 0) is 4.79 Å². The first-order chi connectivity index (χ1) is 11.9. The first kappa shape index (κ1) is 18.7. The second-order valence-electron chi connectivity index (χ2n) is 5.39. The molecule has 0 unspecified atom stereocenters. The zero-order valence-electron chi connectivity index (χ0n) is 14.2. The number of hydrogen-bond donors (Lipinski definition) is 2. The zero-order valence-corrected chi connectivity index (χ0v) is 14.2. The summed E-state index contributed by atoms with van der Waals surface area (Å²) in [6.07, 6.45) is 0. The molecule has 0 aliphatic heterocycles. The minimum atomic E-state index is -0.920. The second-order valence-corrected chi connectivity index (χ2v) is 5.39. The van der Waals surface area contributed by atoms with E-state index < -0.39 is 11.6 Å². The Bertz CT molecular complexity index is 753. The fourth-order valence-electron chi connectivity index (χ4n) is 2.25. The van der Waals surface area contributed by atoms with E-state index in [-0.39, 0.29) is 18.5 Å². The second kappa shape index (κ2) is 8.43. The summed E-state index contributed by atoms with van der Waals surface area (Å²) < 4.78 is 36.6. The molecule has 2 rings (SSSR count). The lowest BCUT2D eigenvalue weighted by Gasteiger charge is -2.15. The van der Waals surface area contributed by atoms with Gasteiger partial charge in [0.1, 0.15) is 11.5 Å². The van der Waals surface area contributed by atoms with Gasteiger partial charge in [0.2, 0.25) is 5.91 Å². The Morgan fingerprint density at radius 2 is 1.84 bits per heavy atom. The summed E-state index contributed by atoms with van der Waals surface area (Å²) in [4.78, 5) is 12.1. The topological polar surface area (TPSA) is 59.6 Å². The van der Waals surface area contributed by atoms with Gasteiger partial charge in [-0.1, -0.05) is 6.07 Å². The first-order valence-corrected chi connectivity index (χ1v) is 7.64. The highest BCUT2D eigenvalue weighted by molar-refractivity contribution is 5.94. The van der Waals surface area contributed by atoms with Gasteiger partial charge in [0.15, 0.2) is 11.6 Å². The van der Waals surface area contributed by atoms with Crippen molar-refractivity contribution in [1.29, 1.82) is 0 Å². The van der Waals surface area contributed by atoms with E-state index in [0.717, 1.165) is 12.1 Å². The van der Waals surface area contributed by atoms with Crippen molar-refractivity contribution in [2.24, 2.45) is 0 Å². The van der Waals surface area contributed by atoms with Crippen LogP contribution >= 0.6 is 0 Å². The van der Waals surface area contributed by atoms with Crippen LogP contribution in [-0.4, -0.2) is 26.7 Å². The van der Waals surface area contributed by atoms with E-state index in [2.05, 4.69) is 10.6 Å². The number of hydrogen-bond acceptors (Lipinski definition) is 4. The Morgan fingerprint density at radius 1 is 1.08 bits per heavy atom. The number of carbonyl (C=O) groups excluding carboxylic acids is 1. The van der Waals surface area contributed by atoms with Crippen LogP contribution in [0.5, 0.6) is 11.5 Å². The lowest BCUT2D eigenvalue weighted by molar-refractivity contribution is -0.115. The summed E-state index contributed by atoms with van der Waals surface area (Å²) in [5.41, 5.74) is 1.03. The van der Waals surface area contributed by atoms with Crippen molar-refractivity contribution in [3.63, 3.8) is 0 Å². The Balaban J connectivity index is 1.97. The fraction of sp³-hybridized carbons (Fsp3) is 0.278. The van der Waals surface area contributed by atoms with Gasteiger partial charge < -0.3 is 20.1 Å². The number of carbonyl (C=O) groups is 1. The minimum Gasteiger partial charge on any atom is -0.497 e. The van der Waals surface area contributed by atoms with Gasteiger partial charge in [0.05, 0.1) is 26.5 Å². The average molecular weight is 350 g/mol. The number of nitrogens with one attached hydrogen (secondary N) is 2. The van der Waals surface area contributed by atoms with E-state index in [1.54, 1.807) is 25.1 Å². The molecule has 7 heteroatoms. The number of ether oxygens (including phenoxy) is 2. The van der Waals surface area contributed by atoms with Crippen molar-refractivity contribution in [1.82, 2.24) is 5.32 Å². The molecule has 0 aliphatic rings. The van der Waals surface area contributed by atoms with E-state index in [1.165, 1.54) is 20.3 Å². The molecular formula is C18H20F2N2O3. The van der Waals surface area contributed by atoms with E-state index in [9.17, 15) is 13.6 Å². The molecule has 0 aromatic heterocycles. The van der Waals surface area contributed by atoms with Crippen molar-refractivity contribution in [2.75, 3.05) is 26.1 Å². The summed E-state index contributed by atoms with van der Waals surface area (Å²) in [6.45, 7) is 1.74. The largest absolute Gasteiger partial charge is 0.497 e. The van der Waals surface area contributed by atoms with Crippen LogP contribution in [0.15, 0.2) is 36.4 Å². The molecule has 2 aromatic rings. The third-order valence-electron chi connectivity index (χ3n) is 3.69. The standard InChI is InChI=1S/C18H20F2N2O3/c1-11(12-4-6-14(19)15(20)8-12)21-10-18(23)22-16-9-13(24-2)5-7-17(16)25-3/h4-9,11,21H,10H2,1-3H3,(H,22,23)/t11-/m1/s1. The van der Waals surface area contributed by atoms with Gasteiger partial charge in [-0.05, 0) is 36.8 Å². The van der Waals surface area contributed by atoms with E-state index in [4.69, 9.17) is 9.47 Å². The van der Waals surface area contributed by atoms with Crippen LogP contribution in [0.1, 0.15) is 18.5 Å². The molecule has 0 saturated heterocycles. The highest BCUT2D eigenvalue weighted by atomic mass is 19.2. The van der Waals surface area contributed by atoms with Gasteiger partial charge in [0, 0.05) is 12.1 Å². The maximum absolute atomic E-state index is 13.3. The predicted molar refractivity (Wildman–Crippen MR) is 91.0 cm³/mol. The molecule has 25 heavy (non-hydrogen) atoms. The number of anilines is 1. The predicted octanol–water partition coefficient (Wildman–Crippen LogP) is 3.27. The van der Waals surface area contributed by atoms with Gasteiger partial charge in [-0.25, -0.2) is 8.78 Å². The van der Waals surface area contributed by atoms with Crippen molar-refractivity contribution >= 4 is 11.6 Å². The molecule has 0 aliphatic carbocycles. The van der Waals surface area contributed by atoms with Crippen molar-refractivity contribution in [3.8, 4) is 11.5 Å². The number of benzene rings is 2. The molecule has 0 saturated carbocycles. The maximum Gasteiger partial charge on any atom is 0.238 e. The first-order valence-electron chi connectivity index (χ1n) is 7.64. The Hall–Kier alpha value is -2.67. The SMILES string of the molecule is COc1ccc(OC)c(NC(=O)CN[C@H](C)c2ccc(F)c(F)c2)c1. The van der Waals surface area contributed by atoms with Crippen LogP contribution in [0.2, 0.25) is 0 Å². The average Bonchev–Trinajstić information content (AvgIpc) is 2.61. The van der Waals surface area contributed by atoms with E-state index >= 15 is 0 Å². The molecule has 0 radical (unpaired) electrons. The van der Waals surface area contributed by atoms with E-state index in [1.807, 2.05) is 0 Å². The third-order valence-corrected chi connectivity index (χ3v) is 3.69. The van der Waals surface area contributed by atoms with Gasteiger partial charge in [0.25, 0.3) is 0 Å². The number of methoxy groups -OCH3 is 2. The van der Waals surface area contributed by atoms with Crippen molar-refractivity contribution < 1.29 is 23.0 Å². The Labute approximate surface area is 144 Å². The number of rotatable bonds is 7. The van der Waals surface area contributed by atoms with Gasteiger partial charge in [-0.3, -0.25) is 4.79 Å². The summed E-state index contributed by atoms with van der Waals surface area (Å²) in [7, 11) is 3.03. The summed E-state index contributed by atoms with van der Waals surface area (Å²) in [5, 5.41) is 5.68. The maximum atomic E-state index is 13.3. The quantitative estimate of drug-likeness (QED) is 0.805.